The smallest absolute Gasteiger partial charge is 0.327 e. The highest BCUT2D eigenvalue weighted by atomic mass is 31.2. The van der Waals surface area contributed by atoms with Crippen LogP contribution in [0.15, 0.2) is 0 Å². The minimum atomic E-state index is -5.15. The summed E-state index contributed by atoms with van der Waals surface area (Å²) in [6.45, 7) is 21.8. The summed E-state index contributed by atoms with van der Waals surface area (Å²) >= 11 is 0. The zero-order valence-electron chi connectivity index (χ0n) is 34.5. The fourth-order valence-electron chi connectivity index (χ4n) is 7.48. The molecule has 298 valence electrons. The van der Waals surface area contributed by atoms with Crippen LogP contribution >= 0.6 is 7.82 Å². The third kappa shape index (κ3) is 24.6. The summed E-state index contributed by atoms with van der Waals surface area (Å²) < 4.78 is 17.0. The van der Waals surface area contributed by atoms with E-state index in [0.29, 0.717) is 11.8 Å². The maximum absolute atomic E-state index is 13.6. The van der Waals surface area contributed by atoms with Gasteiger partial charge in [-0.05, 0) is 47.3 Å². The molecule has 0 aliphatic rings. The molecule has 0 rings (SSSR count). The van der Waals surface area contributed by atoms with Gasteiger partial charge in [0.2, 0.25) is 5.60 Å². The van der Waals surface area contributed by atoms with Crippen LogP contribution in [0.2, 0.25) is 0 Å². The van der Waals surface area contributed by atoms with Crippen LogP contribution in [0.4, 0.5) is 0 Å². The molecule has 7 nitrogen and oxygen atoms in total. The number of Topliss-reactive ketones (excluding diaryl/α,β-unsaturated/α-hetero) is 2. The van der Waals surface area contributed by atoms with Crippen LogP contribution < -0.4 is 5.73 Å². The number of nitrogens with two attached hydrogens (primary N) is 1. The van der Waals surface area contributed by atoms with E-state index in [2.05, 4.69) is 55.4 Å². The van der Waals surface area contributed by atoms with Crippen molar-refractivity contribution in [2.45, 2.75) is 203 Å². The number of ketones is 2. The number of rotatable bonds is 33. The number of carbonyl (C=O) groups excluding carboxylic acids is 2. The van der Waals surface area contributed by atoms with E-state index in [0.717, 1.165) is 62.2 Å². The van der Waals surface area contributed by atoms with Gasteiger partial charge in [-0.1, -0.05) is 185 Å². The molecule has 50 heavy (non-hydrogen) atoms. The number of hydrogen-bond acceptors (Lipinski definition) is 5. The van der Waals surface area contributed by atoms with Crippen molar-refractivity contribution in [2.75, 3.05) is 6.54 Å². The highest BCUT2D eigenvalue weighted by Crippen LogP contribution is 2.43. The van der Waals surface area contributed by atoms with E-state index < -0.39 is 31.5 Å². The maximum Gasteiger partial charge on any atom is 0.471 e. The molecule has 0 aromatic rings. The molecule has 0 bridgehead atoms. The molecule has 0 aliphatic carbocycles. The molecule has 0 radical (unpaired) electrons. The van der Waals surface area contributed by atoms with E-state index in [-0.39, 0.29) is 24.7 Å². The summed E-state index contributed by atoms with van der Waals surface area (Å²) in [4.78, 5) is 46.6. The molecular weight excluding hydrogens is 645 g/mol. The molecule has 4 N–H and O–H groups in total. The average Bonchev–Trinajstić information content (AvgIpc) is 2.98. The summed E-state index contributed by atoms with van der Waals surface area (Å²) in [5, 5.41) is 0. The van der Waals surface area contributed by atoms with Gasteiger partial charge in [0.15, 0.2) is 11.6 Å². The van der Waals surface area contributed by atoms with Gasteiger partial charge < -0.3 is 15.5 Å². The molecule has 0 saturated heterocycles. The summed E-state index contributed by atoms with van der Waals surface area (Å²) in [5.74, 6) is 3.02. The second-order valence-corrected chi connectivity index (χ2v) is 19.0. The van der Waals surface area contributed by atoms with Crippen LogP contribution in [-0.4, -0.2) is 33.5 Å². The predicted molar refractivity (Wildman–Crippen MR) is 212 cm³/mol. The van der Waals surface area contributed by atoms with Crippen molar-refractivity contribution in [3.63, 3.8) is 0 Å². The molecule has 0 heterocycles. The molecule has 0 amide bonds. The second-order valence-electron chi connectivity index (χ2n) is 17.9. The number of hydrogen-bond donors (Lipinski definition) is 3. The first-order valence-electron chi connectivity index (χ1n) is 20.8. The first-order chi connectivity index (χ1) is 23.3. The molecule has 8 heteroatoms. The van der Waals surface area contributed by atoms with Crippen molar-refractivity contribution in [3.8, 4) is 0 Å². The molecule has 0 aromatic heterocycles. The van der Waals surface area contributed by atoms with Crippen molar-refractivity contribution in [1.82, 2.24) is 0 Å². The highest BCUT2D eigenvalue weighted by Gasteiger charge is 2.49. The van der Waals surface area contributed by atoms with E-state index in [9.17, 15) is 23.9 Å². The number of phosphoric ester groups is 1. The van der Waals surface area contributed by atoms with Crippen molar-refractivity contribution < 1.29 is 28.5 Å². The lowest BCUT2D eigenvalue weighted by molar-refractivity contribution is -0.149. The van der Waals surface area contributed by atoms with Gasteiger partial charge in [-0.3, -0.25) is 14.1 Å². The van der Waals surface area contributed by atoms with Gasteiger partial charge in [0, 0.05) is 19.4 Å². The quantitative estimate of drug-likeness (QED) is 0.0453. The van der Waals surface area contributed by atoms with Crippen LogP contribution in [-0.2, 0) is 18.7 Å². The lowest BCUT2D eigenvalue weighted by atomic mass is 9.82. The van der Waals surface area contributed by atoms with E-state index in [1.807, 2.05) is 13.8 Å². The first kappa shape index (κ1) is 49.4. The van der Waals surface area contributed by atoms with Gasteiger partial charge in [-0.2, -0.15) is 0 Å². The molecule has 0 fully saturated rings. The Labute approximate surface area is 310 Å². The average molecular weight is 730 g/mol. The van der Waals surface area contributed by atoms with Gasteiger partial charge in [0.1, 0.15) is 0 Å². The predicted octanol–water partition coefficient (Wildman–Crippen LogP) is 11.9. The second kappa shape index (κ2) is 27.1. The minimum Gasteiger partial charge on any atom is -0.327 e. The third-order valence-corrected chi connectivity index (χ3v) is 11.6. The van der Waals surface area contributed by atoms with E-state index in [4.69, 9.17) is 10.3 Å². The molecule has 0 aromatic carbocycles. The molecule has 6 atom stereocenters. The Morgan fingerprint density at radius 2 is 0.740 bits per heavy atom. The Hall–Kier alpha value is -0.590. The SMILES string of the molecule is CC(C)CCCC(C)CCCC(C)CCCC(C)CC(=O)C(CN)(OP(=O)(O)O)C(=O)CC(C)CCCC(C)CCCC(C)CCCC(C)C. The number of carbonyl (C=O) groups is 2. The van der Waals surface area contributed by atoms with E-state index >= 15 is 0 Å². The van der Waals surface area contributed by atoms with Crippen LogP contribution in [0.5, 0.6) is 0 Å². The van der Waals surface area contributed by atoms with Crippen LogP contribution in [0.3, 0.4) is 0 Å². The van der Waals surface area contributed by atoms with Crippen molar-refractivity contribution in [3.05, 3.63) is 0 Å². The largest absolute Gasteiger partial charge is 0.471 e. The van der Waals surface area contributed by atoms with Gasteiger partial charge in [0.25, 0.3) is 0 Å². The Morgan fingerprint density at radius 3 is 0.960 bits per heavy atom. The maximum atomic E-state index is 13.6. The van der Waals surface area contributed by atoms with Gasteiger partial charge in [-0.15, -0.1) is 0 Å². The standard InChI is InChI=1S/C42H84NO6P/c1-32(2)17-11-19-34(5)21-13-23-36(7)25-15-27-38(9)29-40(44)42(31-43,49-50(46,47)48)41(45)30-39(10)28-16-26-37(8)24-14-22-35(6)20-12-18-33(3)4/h32-39H,11-31,43H2,1-10H3,(H2,46,47,48). The molecule has 0 spiro atoms. The number of phosphoric acid groups is 1. The Bertz CT molecular complexity index is 875. The van der Waals surface area contributed by atoms with Gasteiger partial charge in [0.05, 0.1) is 0 Å². The first-order valence-corrected chi connectivity index (χ1v) is 22.4. The van der Waals surface area contributed by atoms with Crippen LogP contribution in [0.25, 0.3) is 0 Å². The Kier molecular flexibility index (Phi) is 26.7. The highest BCUT2D eigenvalue weighted by molar-refractivity contribution is 7.46. The zero-order valence-corrected chi connectivity index (χ0v) is 35.4. The Balaban J connectivity index is 4.80. The van der Waals surface area contributed by atoms with Crippen molar-refractivity contribution in [2.24, 2.45) is 53.1 Å². The fourth-order valence-corrected chi connectivity index (χ4v) is 8.16. The molecule has 0 aliphatic heterocycles. The monoisotopic (exact) mass is 730 g/mol. The normalized spacial score (nSPS) is 17.3. The fraction of sp³-hybridized carbons (Fsp3) is 0.952. The van der Waals surface area contributed by atoms with Gasteiger partial charge in [-0.25, -0.2) is 4.57 Å². The molecular formula is C42H84NO6P. The summed E-state index contributed by atoms with van der Waals surface area (Å²) in [6, 6.07) is 0. The lowest BCUT2D eigenvalue weighted by Crippen LogP contribution is -2.55. The third-order valence-electron chi connectivity index (χ3n) is 11.1. The lowest BCUT2D eigenvalue weighted by Gasteiger charge is -2.31. The summed E-state index contributed by atoms with van der Waals surface area (Å²) in [7, 11) is -5.15. The van der Waals surface area contributed by atoms with Gasteiger partial charge >= 0.3 is 7.82 Å². The summed E-state index contributed by atoms with van der Waals surface area (Å²) in [6.07, 6.45) is 21.0. The van der Waals surface area contributed by atoms with Crippen LogP contribution in [0, 0.1) is 47.3 Å². The van der Waals surface area contributed by atoms with Crippen LogP contribution in [0.1, 0.15) is 198 Å². The van der Waals surface area contributed by atoms with Crippen molar-refractivity contribution >= 4 is 19.4 Å². The molecule has 6 unspecified atom stereocenters. The van der Waals surface area contributed by atoms with E-state index in [1.165, 1.54) is 77.0 Å². The van der Waals surface area contributed by atoms with E-state index in [1.54, 1.807) is 0 Å². The Morgan fingerprint density at radius 1 is 0.500 bits per heavy atom. The summed E-state index contributed by atoms with van der Waals surface area (Å²) in [5.41, 5.74) is 3.65. The molecule has 0 saturated carbocycles. The topological polar surface area (TPSA) is 127 Å². The zero-order chi connectivity index (χ0) is 38.3. The minimum absolute atomic E-state index is 0.00739. The van der Waals surface area contributed by atoms with Crippen molar-refractivity contribution in [1.29, 1.82) is 0 Å².